The lowest BCUT2D eigenvalue weighted by Gasteiger charge is -2.16. The highest BCUT2D eigenvalue weighted by atomic mass is 32.2. The van der Waals surface area contributed by atoms with Crippen LogP contribution in [0.25, 0.3) is 5.57 Å². The third kappa shape index (κ3) is 4.95. The Hall–Kier alpha value is -2.09. The average molecular weight is 348 g/mol. The molecule has 0 saturated carbocycles. The number of aliphatic imine (C=N–C) groups is 1. The van der Waals surface area contributed by atoms with E-state index in [0.717, 1.165) is 5.37 Å². The molecule has 1 unspecified atom stereocenters. The van der Waals surface area contributed by atoms with Crippen LogP contribution < -0.4 is 5.73 Å². The molecule has 3 nitrogen and oxygen atoms in total. The monoisotopic (exact) mass is 348 g/mol. The largest absolute Gasteiger partial charge is 0.470 e. The van der Waals surface area contributed by atoms with Crippen molar-refractivity contribution in [2.24, 2.45) is 10.7 Å². The molecule has 0 aliphatic rings. The van der Waals surface area contributed by atoms with Gasteiger partial charge in [-0.3, -0.25) is 0 Å². The number of halogens is 4. The van der Waals surface area contributed by atoms with Crippen LogP contribution in [0.1, 0.15) is 19.4 Å². The summed E-state index contributed by atoms with van der Waals surface area (Å²) in [6.07, 6.45) is 1.19. The molecule has 1 aromatic carbocycles. The van der Waals surface area contributed by atoms with Crippen LogP contribution in [0, 0.1) is 5.82 Å². The van der Waals surface area contributed by atoms with Gasteiger partial charge in [-0.1, -0.05) is 12.1 Å². The first kappa shape index (κ1) is 19.0. The summed E-state index contributed by atoms with van der Waals surface area (Å²) in [5, 5.41) is 0.891. The number of allylic oxidation sites excluding steroid dienone is 2. The summed E-state index contributed by atoms with van der Waals surface area (Å²) in [7, 11) is -2.42. The summed E-state index contributed by atoms with van der Waals surface area (Å²) >= 11 is 0. The van der Waals surface area contributed by atoms with Crippen LogP contribution in [0.3, 0.4) is 0 Å². The molecule has 0 fully saturated rings. The van der Waals surface area contributed by atoms with Crippen LogP contribution >= 0.6 is 10.8 Å². The molecule has 0 saturated heterocycles. The van der Waals surface area contributed by atoms with Crippen molar-refractivity contribution in [1.82, 2.24) is 0 Å². The summed E-state index contributed by atoms with van der Waals surface area (Å²) in [5.41, 5.74) is 2.15. The number of hydrogen-bond donors (Lipinski definition) is 1. The number of alkyl halides is 3. The predicted octanol–water partition coefficient (Wildman–Crippen LogP) is 4.60. The Bertz CT molecular complexity index is 661. The van der Waals surface area contributed by atoms with Crippen LogP contribution in [0.4, 0.5) is 17.6 Å². The van der Waals surface area contributed by atoms with E-state index in [1.165, 1.54) is 44.3 Å². The molecular formula is C15H16F4N2OS. The molecule has 2 N–H and O–H groups in total. The molecule has 0 aromatic heterocycles. The lowest BCUT2D eigenvalue weighted by atomic mass is 10.0. The Morgan fingerprint density at radius 3 is 2.26 bits per heavy atom. The zero-order valence-electron chi connectivity index (χ0n) is 12.5. The molecule has 126 valence electrons. The number of hydrogen-bond acceptors (Lipinski definition) is 3. The molecule has 0 heterocycles. The van der Waals surface area contributed by atoms with Gasteiger partial charge in [0.2, 0.25) is 5.88 Å². The lowest BCUT2D eigenvalue weighted by molar-refractivity contribution is -0.0392. The van der Waals surface area contributed by atoms with E-state index >= 15 is 0 Å². The third-order valence-electron chi connectivity index (χ3n) is 2.80. The fraction of sp³-hybridized carbons (Fsp3) is 0.200. The zero-order valence-corrected chi connectivity index (χ0v) is 13.3. The van der Waals surface area contributed by atoms with Crippen LogP contribution in [-0.2, 0) is 4.18 Å². The van der Waals surface area contributed by atoms with Gasteiger partial charge in [-0.15, -0.1) is 0 Å². The molecule has 0 amide bonds. The topological polar surface area (TPSA) is 47.6 Å². The molecule has 23 heavy (non-hydrogen) atoms. The van der Waals surface area contributed by atoms with Gasteiger partial charge >= 0.3 is 5.51 Å². The highest BCUT2D eigenvalue weighted by Crippen LogP contribution is 2.41. The molecular weight excluding hydrogens is 332 g/mol. The molecule has 0 radical (unpaired) electrons. The number of rotatable bonds is 5. The van der Waals surface area contributed by atoms with Gasteiger partial charge in [0.05, 0.1) is 10.8 Å². The second kappa shape index (κ2) is 7.96. The van der Waals surface area contributed by atoms with Gasteiger partial charge in [0.15, 0.2) is 0 Å². The molecule has 1 aromatic rings. The smallest absolute Gasteiger partial charge is 0.406 e. The van der Waals surface area contributed by atoms with E-state index in [9.17, 15) is 17.6 Å². The summed E-state index contributed by atoms with van der Waals surface area (Å²) in [4.78, 5) is 3.53. The summed E-state index contributed by atoms with van der Waals surface area (Å²) in [6.45, 7) is 5.98. The molecule has 0 bridgehead atoms. The van der Waals surface area contributed by atoms with Crippen molar-refractivity contribution in [3.05, 3.63) is 53.3 Å². The van der Waals surface area contributed by atoms with E-state index < -0.39 is 22.1 Å². The SMILES string of the molecule is C=N/C(O/S(=C/C)C(F)(F)F)=C(C)\C(=C/N)c1ccc(F)cc1. The van der Waals surface area contributed by atoms with Crippen LogP contribution in [0.15, 0.2) is 46.9 Å². The van der Waals surface area contributed by atoms with Crippen molar-refractivity contribution < 1.29 is 21.7 Å². The van der Waals surface area contributed by atoms with Crippen LogP contribution in [0.2, 0.25) is 0 Å². The Morgan fingerprint density at radius 1 is 1.30 bits per heavy atom. The molecule has 1 rings (SSSR count). The van der Waals surface area contributed by atoms with Crippen LogP contribution in [-0.4, -0.2) is 17.6 Å². The highest BCUT2D eigenvalue weighted by Gasteiger charge is 2.35. The first-order chi connectivity index (χ1) is 10.7. The third-order valence-corrected chi connectivity index (χ3v) is 4.02. The van der Waals surface area contributed by atoms with Gasteiger partial charge in [-0.05, 0) is 43.6 Å². The molecule has 0 aliphatic carbocycles. The van der Waals surface area contributed by atoms with Gasteiger partial charge in [-0.25, -0.2) is 9.38 Å². The average Bonchev–Trinajstić information content (AvgIpc) is 2.49. The Morgan fingerprint density at radius 2 is 1.87 bits per heavy atom. The highest BCUT2D eigenvalue weighted by molar-refractivity contribution is 8.11. The van der Waals surface area contributed by atoms with E-state index in [1.54, 1.807) is 0 Å². The fourth-order valence-electron chi connectivity index (χ4n) is 1.70. The molecule has 1 atom stereocenters. The quantitative estimate of drug-likeness (QED) is 0.278. The molecule has 0 spiro atoms. The van der Waals surface area contributed by atoms with E-state index in [2.05, 4.69) is 11.7 Å². The minimum absolute atomic E-state index is 0.262. The normalized spacial score (nSPS) is 15.1. The first-order valence-corrected chi connectivity index (χ1v) is 7.59. The number of nitrogens with zero attached hydrogens (tertiary/aromatic N) is 1. The van der Waals surface area contributed by atoms with E-state index in [1.807, 2.05) is 0 Å². The Kier molecular flexibility index (Phi) is 6.56. The maximum Gasteiger partial charge on any atom is 0.470 e. The van der Waals surface area contributed by atoms with Crippen molar-refractivity contribution in [2.75, 3.05) is 0 Å². The van der Waals surface area contributed by atoms with E-state index in [4.69, 9.17) is 9.92 Å². The maximum atomic E-state index is 13.0. The molecule has 8 heteroatoms. The van der Waals surface area contributed by atoms with Gasteiger partial charge in [0, 0.05) is 17.3 Å². The Labute approximate surface area is 134 Å². The van der Waals surface area contributed by atoms with Gasteiger partial charge < -0.3 is 9.92 Å². The standard InChI is InChI=1S/C15H16F4N2OS/c1-4-23(15(17,18)19)22-14(21-3)10(2)13(9-20)11-5-7-12(16)8-6-11/h4-9H,3,20H2,1-2H3/b13-9+,14-10+. The minimum Gasteiger partial charge on any atom is -0.406 e. The predicted molar refractivity (Wildman–Crippen MR) is 87.3 cm³/mol. The lowest BCUT2D eigenvalue weighted by Crippen LogP contribution is -2.07. The second-order valence-electron chi connectivity index (χ2n) is 4.24. The number of benzene rings is 1. The maximum absolute atomic E-state index is 13.0. The van der Waals surface area contributed by atoms with E-state index in [-0.39, 0.29) is 11.5 Å². The zero-order chi connectivity index (χ0) is 17.6. The minimum atomic E-state index is -4.55. The van der Waals surface area contributed by atoms with Gasteiger partial charge in [0.25, 0.3) is 0 Å². The second-order valence-corrected chi connectivity index (χ2v) is 5.93. The summed E-state index contributed by atoms with van der Waals surface area (Å²) in [5.74, 6) is -0.728. The first-order valence-electron chi connectivity index (χ1n) is 6.38. The van der Waals surface area contributed by atoms with Crippen molar-refractivity contribution in [3.63, 3.8) is 0 Å². The van der Waals surface area contributed by atoms with Gasteiger partial charge in [0.1, 0.15) is 5.82 Å². The summed E-state index contributed by atoms with van der Waals surface area (Å²) in [6, 6.07) is 5.34. The Balaban J connectivity index is 3.27. The molecule has 0 aliphatic heterocycles. The summed E-state index contributed by atoms with van der Waals surface area (Å²) < 4.78 is 56.4. The number of nitrogens with two attached hydrogens (primary N) is 1. The van der Waals surface area contributed by atoms with Crippen LogP contribution in [0.5, 0.6) is 0 Å². The van der Waals surface area contributed by atoms with Crippen molar-refractivity contribution in [3.8, 4) is 0 Å². The van der Waals surface area contributed by atoms with Crippen molar-refractivity contribution in [1.29, 1.82) is 0 Å². The van der Waals surface area contributed by atoms with Crippen molar-refractivity contribution in [2.45, 2.75) is 19.4 Å². The van der Waals surface area contributed by atoms with Crippen molar-refractivity contribution >= 4 is 28.4 Å². The van der Waals surface area contributed by atoms with Gasteiger partial charge in [-0.2, -0.15) is 13.2 Å². The fourth-order valence-corrected chi connectivity index (χ4v) is 2.51. The van der Waals surface area contributed by atoms with E-state index in [0.29, 0.717) is 11.1 Å².